The van der Waals surface area contributed by atoms with Gasteiger partial charge in [-0.1, -0.05) is 315 Å². The summed E-state index contributed by atoms with van der Waals surface area (Å²) in [5.74, 6) is -0.927. The lowest BCUT2D eigenvalue weighted by atomic mass is 10.0. The van der Waals surface area contributed by atoms with Crippen molar-refractivity contribution < 1.29 is 28.6 Å². The Kier molecular flexibility index (Phi) is 66.3. The summed E-state index contributed by atoms with van der Waals surface area (Å²) < 4.78 is 16.9. The minimum atomic E-state index is -0.801. The monoisotopic (exact) mass is 1150 g/mol. The zero-order chi connectivity index (χ0) is 59.9. The van der Waals surface area contributed by atoms with E-state index in [1.54, 1.807) is 0 Å². The molecular formula is C77H128O6. The fourth-order valence-corrected chi connectivity index (χ4v) is 9.53. The maximum Gasteiger partial charge on any atom is 0.306 e. The van der Waals surface area contributed by atoms with Crippen molar-refractivity contribution in [1.29, 1.82) is 0 Å². The molecule has 0 saturated heterocycles. The van der Waals surface area contributed by atoms with Crippen molar-refractivity contribution in [3.63, 3.8) is 0 Å². The molecule has 0 amide bonds. The minimum absolute atomic E-state index is 0.0963. The summed E-state index contributed by atoms with van der Waals surface area (Å²) in [5, 5.41) is 0. The predicted octanol–water partition coefficient (Wildman–Crippen LogP) is 24.1. The average Bonchev–Trinajstić information content (AvgIpc) is 3.49. The van der Waals surface area contributed by atoms with E-state index < -0.39 is 6.10 Å². The van der Waals surface area contributed by atoms with Crippen molar-refractivity contribution in [2.75, 3.05) is 13.2 Å². The number of carbonyl (C=O) groups is 3. The van der Waals surface area contributed by atoms with E-state index in [9.17, 15) is 14.4 Å². The minimum Gasteiger partial charge on any atom is -0.462 e. The maximum atomic E-state index is 13.0. The van der Waals surface area contributed by atoms with Gasteiger partial charge in [-0.15, -0.1) is 0 Å². The average molecular weight is 1150 g/mol. The molecule has 0 aromatic rings. The second-order valence-electron chi connectivity index (χ2n) is 22.7. The number of carbonyl (C=O) groups excluding carboxylic acids is 3. The van der Waals surface area contributed by atoms with Crippen LogP contribution in [0.15, 0.2) is 134 Å². The summed E-state index contributed by atoms with van der Waals surface area (Å²) in [4.78, 5) is 38.4. The van der Waals surface area contributed by atoms with Crippen LogP contribution in [0.3, 0.4) is 0 Å². The number of unbranched alkanes of at least 4 members (excludes halogenated alkanes) is 29. The highest BCUT2D eigenvalue weighted by molar-refractivity contribution is 5.71. The molecule has 0 aliphatic heterocycles. The van der Waals surface area contributed by atoms with Gasteiger partial charge in [-0.3, -0.25) is 14.4 Å². The van der Waals surface area contributed by atoms with Gasteiger partial charge in [0.1, 0.15) is 13.2 Å². The van der Waals surface area contributed by atoms with Crippen molar-refractivity contribution in [2.24, 2.45) is 0 Å². The fourth-order valence-electron chi connectivity index (χ4n) is 9.53. The second kappa shape index (κ2) is 70.0. The Morgan fingerprint density at radius 1 is 0.253 bits per heavy atom. The fraction of sp³-hybridized carbons (Fsp3) is 0.675. The Bertz CT molecular complexity index is 1750. The number of rotatable bonds is 62. The summed E-state index contributed by atoms with van der Waals surface area (Å²) in [6, 6.07) is 0. The first-order valence-electron chi connectivity index (χ1n) is 34.7. The molecule has 83 heavy (non-hydrogen) atoms. The molecule has 0 radical (unpaired) electrons. The van der Waals surface area contributed by atoms with Gasteiger partial charge in [-0.2, -0.15) is 0 Å². The van der Waals surface area contributed by atoms with Gasteiger partial charge in [0, 0.05) is 19.3 Å². The molecule has 0 aromatic heterocycles. The molecule has 0 N–H and O–H groups in total. The van der Waals surface area contributed by atoms with Crippen molar-refractivity contribution in [1.82, 2.24) is 0 Å². The lowest BCUT2D eigenvalue weighted by Crippen LogP contribution is -2.30. The van der Waals surface area contributed by atoms with Crippen LogP contribution >= 0.6 is 0 Å². The number of hydrogen-bond donors (Lipinski definition) is 0. The van der Waals surface area contributed by atoms with Crippen LogP contribution in [0, 0.1) is 0 Å². The lowest BCUT2D eigenvalue weighted by molar-refractivity contribution is -0.167. The Morgan fingerprint density at radius 2 is 0.470 bits per heavy atom. The first-order valence-corrected chi connectivity index (χ1v) is 34.7. The molecule has 6 heteroatoms. The van der Waals surface area contributed by atoms with Crippen LogP contribution in [0.2, 0.25) is 0 Å². The molecule has 1 atom stereocenters. The highest BCUT2D eigenvalue weighted by Gasteiger charge is 2.19. The van der Waals surface area contributed by atoms with Crippen LogP contribution in [0.25, 0.3) is 0 Å². The van der Waals surface area contributed by atoms with Crippen LogP contribution in [-0.4, -0.2) is 37.2 Å². The predicted molar refractivity (Wildman–Crippen MR) is 362 cm³/mol. The highest BCUT2D eigenvalue weighted by Crippen LogP contribution is 2.17. The molecule has 472 valence electrons. The Hall–Kier alpha value is -4.45. The van der Waals surface area contributed by atoms with Crippen LogP contribution in [0.1, 0.15) is 316 Å². The summed E-state index contributed by atoms with van der Waals surface area (Å²) in [6.45, 7) is 6.41. The zero-order valence-electron chi connectivity index (χ0n) is 54.2. The van der Waals surface area contributed by atoms with Crippen LogP contribution < -0.4 is 0 Å². The summed E-state index contributed by atoms with van der Waals surface area (Å²) in [5.41, 5.74) is 0. The van der Waals surface area contributed by atoms with E-state index in [2.05, 4.69) is 154 Å². The number of hydrogen-bond acceptors (Lipinski definition) is 6. The molecule has 0 fully saturated rings. The molecule has 0 aliphatic carbocycles. The first-order chi connectivity index (χ1) is 41.0. The smallest absolute Gasteiger partial charge is 0.306 e. The van der Waals surface area contributed by atoms with E-state index in [0.717, 1.165) is 161 Å². The van der Waals surface area contributed by atoms with E-state index in [1.165, 1.54) is 116 Å². The van der Waals surface area contributed by atoms with Crippen LogP contribution in [0.4, 0.5) is 0 Å². The van der Waals surface area contributed by atoms with Gasteiger partial charge in [0.05, 0.1) is 0 Å². The van der Waals surface area contributed by atoms with Gasteiger partial charge < -0.3 is 14.2 Å². The van der Waals surface area contributed by atoms with Gasteiger partial charge in [0.2, 0.25) is 0 Å². The van der Waals surface area contributed by atoms with E-state index >= 15 is 0 Å². The van der Waals surface area contributed by atoms with E-state index in [1.807, 2.05) is 0 Å². The first kappa shape index (κ1) is 78.5. The van der Waals surface area contributed by atoms with E-state index in [4.69, 9.17) is 14.2 Å². The third kappa shape index (κ3) is 68.2. The van der Waals surface area contributed by atoms with Crippen LogP contribution in [0.5, 0.6) is 0 Å². The van der Waals surface area contributed by atoms with E-state index in [-0.39, 0.29) is 31.1 Å². The van der Waals surface area contributed by atoms with Gasteiger partial charge in [-0.05, 0) is 116 Å². The van der Waals surface area contributed by atoms with Crippen molar-refractivity contribution in [3.05, 3.63) is 134 Å². The van der Waals surface area contributed by atoms with Gasteiger partial charge in [-0.25, -0.2) is 0 Å². The number of ether oxygens (including phenoxy) is 3. The van der Waals surface area contributed by atoms with Crippen molar-refractivity contribution in [3.8, 4) is 0 Å². The maximum absolute atomic E-state index is 13.0. The van der Waals surface area contributed by atoms with Gasteiger partial charge >= 0.3 is 17.9 Å². The van der Waals surface area contributed by atoms with Gasteiger partial charge in [0.15, 0.2) is 6.10 Å². The number of allylic oxidation sites excluding steroid dienone is 22. The van der Waals surface area contributed by atoms with Crippen LogP contribution in [-0.2, 0) is 28.6 Å². The third-order valence-corrected chi connectivity index (χ3v) is 14.7. The summed E-state index contributed by atoms with van der Waals surface area (Å²) in [7, 11) is 0. The SMILES string of the molecule is CC/C=C\C/C=C\C/C=C\C/C=C\C/C=C\C/C=C\C/C=C\C/C=C\CCCCCCC(=O)OCC(COC(=O)CCCCCCC/C=C\C/C=C\C/C=C\CC)OC(=O)CCCCCCCCCCCCCCCCCCCCCCC. The standard InChI is InChI=1S/C77H128O6/c1-4-7-10-13-16-19-22-25-28-30-32-34-35-36-37-38-39-40-41-43-44-46-49-52-55-58-61-64-67-70-76(79)82-73-74(72-81-75(78)69-66-63-60-57-54-51-48-27-24-21-18-15-12-9-6-3)83-77(80)71-68-65-62-59-56-53-50-47-45-42-33-31-29-26-23-20-17-14-11-8-5-2/h7,9-10,12,16,18-19,21,25,27-28,32,34,36-37,39-40,43-44,48-49,52,74H,4-6,8,11,13-15,17,20,22-24,26,29-31,33,35,38,41-42,45-47,50-51,53-73H2,1-3H3/b10-7-,12-9-,19-16-,21-18-,28-25-,34-32-,37-36-,40-39-,44-43-,48-27-,52-49-. The summed E-state index contributed by atoms with van der Waals surface area (Å²) in [6.07, 6.45) is 99.0. The Balaban J connectivity index is 4.41. The molecule has 0 spiro atoms. The highest BCUT2D eigenvalue weighted by atomic mass is 16.6. The molecule has 0 heterocycles. The third-order valence-electron chi connectivity index (χ3n) is 14.7. The second-order valence-corrected chi connectivity index (χ2v) is 22.7. The topological polar surface area (TPSA) is 78.9 Å². The molecule has 6 nitrogen and oxygen atoms in total. The number of esters is 3. The van der Waals surface area contributed by atoms with Crippen molar-refractivity contribution in [2.45, 2.75) is 322 Å². The Labute approximate surface area is 513 Å². The molecular weight excluding hydrogens is 1020 g/mol. The molecule has 0 saturated carbocycles. The summed E-state index contributed by atoms with van der Waals surface area (Å²) >= 11 is 0. The normalized spacial score (nSPS) is 13.0. The molecule has 1 unspecified atom stereocenters. The quantitative estimate of drug-likeness (QED) is 0.0261. The Morgan fingerprint density at radius 3 is 0.735 bits per heavy atom. The van der Waals surface area contributed by atoms with Crippen molar-refractivity contribution >= 4 is 17.9 Å². The van der Waals surface area contributed by atoms with E-state index in [0.29, 0.717) is 19.3 Å². The lowest BCUT2D eigenvalue weighted by Gasteiger charge is -2.18. The zero-order valence-corrected chi connectivity index (χ0v) is 54.2. The molecule has 0 rings (SSSR count). The molecule has 0 aromatic carbocycles. The largest absolute Gasteiger partial charge is 0.462 e. The molecule has 0 aliphatic rings. The molecule has 0 bridgehead atoms. The van der Waals surface area contributed by atoms with Gasteiger partial charge in [0.25, 0.3) is 0 Å².